The molecule has 0 aliphatic rings. The zero-order valence-electron chi connectivity index (χ0n) is 30.4. The molecule has 0 atom stereocenters. The Morgan fingerprint density at radius 2 is 0.875 bits per heavy atom. The molecule has 56 heavy (non-hydrogen) atoms. The van der Waals surface area contributed by atoms with Gasteiger partial charge in [0.2, 0.25) is 0 Å². The number of nitrogens with zero attached hydrogens (tertiary/aromatic N) is 4. The monoisotopic (exact) mass is 796 g/mol. The number of aromatic nitrogens is 2. The van der Waals surface area contributed by atoms with Gasteiger partial charge in [-0.05, 0) is 72.5 Å². The van der Waals surface area contributed by atoms with Gasteiger partial charge < -0.3 is 18.9 Å². The van der Waals surface area contributed by atoms with E-state index in [1.54, 1.807) is 48.5 Å². The third-order valence-electron chi connectivity index (χ3n) is 8.18. The lowest BCUT2D eigenvalue weighted by molar-refractivity contribution is 0.178. The number of hydrogen-bond acceptors (Lipinski definition) is 10. The number of benzene rings is 4. The molecule has 4 aromatic carbocycles. The number of ether oxygens (including phenoxy) is 4. The van der Waals surface area contributed by atoms with E-state index in [9.17, 15) is 19.2 Å². The molecule has 0 saturated carbocycles. The highest BCUT2D eigenvalue weighted by molar-refractivity contribution is 6.00. The van der Waals surface area contributed by atoms with E-state index >= 15 is 0 Å². The van der Waals surface area contributed by atoms with Crippen LogP contribution in [0.1, 0.15) is 0 Å². The molecule has 0 spiro atoms. The fraction of sp³-hybridized carbons (Fsp3) is 0.150. The molecule has 0 bridgehead atoms. The number of amides is 4. The van der Waals surface area contributed by atoms with Crippen molar-refractivity contribution in [2.24, 2.45) is 0 Å². The molecule has 2 heterocycles. The summed E-state index contributed by atoms with van der Waals surface area (Å²) in [5, 5.41) is 8.66. The number of hydrogen-bond donors (Lipinski definition) is 2. The second kappa shape index (κ2) is 18.9. The molecule has 0 unspecified atom stereocenters. The van der Waals surface area contributed by atoms with Gasteiger partial charge in [-0.25, -0.2) is 29.1 Å². The van der Waals surface area contributed by atoms with Crippen LogP contribution in [0.4, 0.5) is 41.9 Å². The normalized spacial score (nSPS) is 10.0. The van der Waals surface area contributed by atoms with E-state index in [2.05, 4.69) is 43.8 Å². The van der Waals surface area contributed by atoms with Crippen molar-refractivity contribution in [3.63, 3.8) is 0 Å². The van der Waals surface area contributed by atoms with Gasteiger partial charge in [0.15, 0.2) is 0 Å². The average molecular weight is 798 g/mol. The summed E-state index contributed by atoms with van der Waals surface area (Å²) in [6, 6.07) is 25.2. The maximum atomic E-state index is 12.8. The molecule has 0 saturated heterocycles. The molecule has 6 rings (SSSR count). The van der Waals surface area contributed by atoms with Gasteiger partial charge in [-0.15, -0.1) is 24.8 Å². The summed E-state index contributed by atoms with van der Waals surface area (Å²) in [7, 11) is 5.12. The van der Waals surface area contributed by atoms with E-state index in [1.807, 2.05) is 36.4 Å². The van der Waals surface area contributed by atoms with Crippen LogP contribution in [0.25, 0.3) is 43.6 Å². The number of carbonyl (C=O) groups excluding carboxylic acids is 4. The van der Waals surface area contributed by atoms with Crippen molar-refractivity contribution >= 4 is 116 Å². The average Bonchev–Trinajstić information content (AvgIpc) is 3.19. The first-order chi connectivity index (χ1) is 26.2. The molecule has 6 aromatic rings. The van der Waals surface area contributed by atoms with Crippen molar-refractivity contribution in [2.45, 2.75) is 0 Å². The topological polar surface area (TPSA) is 162 Å². The first-order valence-electron chi connectivity index (χ1n) is 16.3. The predicted octanol–water partition coefficient (Wildman–Crippen LogP) is 8.14. The van der Waals surface area contributed by atoms with Gasteiger partial charge in [-0.1, -0.05) is 36.1 Å². The summed E-state index contributed by atoms with van der Waals surface area (Å²) in [6.07, 6.45) is -2.45. The van der Waals surface area contributed by atoms with E-state index in [4.69, 9.17) is 19.4 Å². The molecule has 16 heteroatoms. The van der Waals surface area contributed by atoms with Crippen LogP contribution in [-0.2, 0) is 18.9 Å². The molecule has 0 aliphatic heterocycles. The van der Waals surface area contributed by atoms with Crippen LogP contribution in [-0.4, -0.2) is 75.9 Å². The Bertz CT molecular complexity index is 2420. The second-order valence-electron chi connectivity index (χ2n) is 11.5. The minimum atomic E-state index is -0.632. The van der Waals surface area contributed by atoms with E-state index in [1.165, 1.54) is 38.2 Å². The number of fused-ring (bicyclic) bond motifs is 4. The molecule has 286 valence electrons. The van der Waals surface area contributed by atoms with Crippen LogP contribution in [0.3, 0.4) is 0 Å². The van der Waals surface area contributed by atoms with Gasteiger partial charge in [0.1, 0.15) is 0 Å². The molecule has 14 nitrogen and oxygen atoms in total. The van der Waals surface area contributed by atoms with Crippen LogP contribution in [0.5, 0.6) is 0 Å². The van der Waals surface area contributed by atoms with Gasteiger partial charge in [-0.2, -0.15) is 0 Å². The fourth-order valence-electron chi connectivity index (χ4n) is 5.52. The highest BCUT2D eigenvalue weighted by Crippen LogP contribution is 2.28. The SMILES string of the molecule is COC(=O)Nc1ccc2cc3ccc(N(CC#CC#CCN(C(=O)OC)c4ccc5cc6ccc(NC(=O)OC)cc6nc5c4)C(=O)OC)cc3nc2c1.Cl.Cl. The molecule has 2 N–H and O–H groups in total. The Morgan fingerprint density at radius 3 is 1.23 bits per heavy atom. The second-order valence-corrected chi connectivity index (χ2v) is 11.5. The van der Waals surface area contributed by atoms with Gasteiger partial charge >= 0.3 is 24.4 Å². The quantitative estimate of drug-likeness (QED) is 0.0956. The first kappa shape index (κ1) is 41.8. The molecular formula is C40H34Cl2N6O8. The number of anilines is 4. The van der Waals surface area contributed by atoms with E-state index in [-0.39, 0.29) is 37.9 Å². The third-order valence-corrected chi connectivity index (χ3v) is 8.18. The number of rotatable bonds is 6. The van der Waals surface area contributed by atoms with Crippen molar-refractivity contribution in [1.82, 2.24) is 9.97 Å². The van der Waals surface area contributed by atoms with Crippen LogP contribution in [0, 0.1) is 23.7 Å². The van der Waals surface area contributed by atoms with Gasteiger partial charge in [0.25, 0.3) is 0 Å². The van der Waals surface area contributed by atoms with Crippen molar-refractivity contribution < 1.29 is 38.1 Å². The van der Waals surface area contributed by atoms with Crippen molar-refractivity contribution in [1.29, 1.82) is 0 Å². The lowest BCUT2D eigenvalue weighted by Gasteiger charge is -2.19. The lowest BCUT2D eigenvalue weighted by atomic mass is 10.1. The summed E-state index contributed by atoms with van der Waals surface area (Å²) in [4.78, 5) is 61.1. The fourth-order valence-corrected chi connectivity index (χ4v) is 5.52. The summed E-state index contributed by atoms with van der Waals surface area (Å²) in [5.41, 5.74) is 4.52. The van der Waals surface area contributed by atoms with Gasteiger partial charge in [0, 0.05) is 32.9 Å². The summed E-state index contributed by atoms with van der Waals surface area (Å²) >= 11 is 0. The number of nitrogens with one attached hydrogen (secondary N) is 2. The van der Waals surface area contributed by atoms with E-state index < -0.39 is 24.4 Å². The van der Waals surface area contributed by atoms with Gasteiger partial charge in [0.05, 0.1) is 75.0 Å². The minimum Gasteiger partial charge on any atom is -0.453 e. The Labute approximate surface area is 333 Å². The molecule has 0 radical (unpaired) electrons. The summed E-state index contributed by atoms with van der Waals surface area (Å²) in [6.45, 7) is -0.0922. The van der Waals surface area contributed by atoms with Crippen LogP contribution in [0.15, 0.2) is 84.9 Å². The van der Waals surface area contributed by atoms with Crippen molar-refractivity contribution in [2.75, 3.05) is 62.0 Å². The Morgan fingerprint density at radius 1 is 0.518 bits per heavy atom. The zero-order chi connectivity index (χ0) is 38.2. The number of methoxy groups -OCH3 is 4. The predicted molar refractivity (Wildman–Crippen MR) is 220 cm³/mol. The highest BCUT2D eigenvalue weighted by Gasteiger charge is 2.18. The number of carbonyl (C=O) groups is 4. The summed E-state index contributed by atoms with van der Waals surface area (Å²) < 4.78 is 19.4. The highest BCUT2D eigenvalue weighted by atomic mass is 35.5. The molecular weight excluding hydrogens is 763 g/mol. The first-order valence-corrected chi connectivity index (χ1v) is 16.3. The van der Waals surface area contributed by atoms with Crippen LogP contribution >= 0.6 is 24.8 Å². The number of halogens is 2. The standard InChI is InChI=1S/C40H32N6O8.2ClH/c1-51-37(47)41-29-13-9-25-19-27-11-15-31(23-35(27)43-33(25)21-29)45(39(49)53-3)17-7-5-6-8-18-46(40(50)54-4)32-16-12-28-20-26-10-14-30(42-38(48)52-2)22-34(26)44-36(28)24-32;;/h9-16,19-24H,17-18H2,1-4H3,(H,41,47)(H,42,48);2*1H. The van der Waals surface area contributed by atoms with Gasteiger partial charge in [-0.3, -0.25) is 20.4 Å². The third kappa shape index (κ3) is 9.56. The largest absolute Gasteiger partial charge is 0.453 e. The van der Waals surface area contributed by atoms with Crippen LogP contribution in [0.2, 0.25) is 0 Å². The smallest absolute Gasteiger partial charge is 0.414 e. The molecule has 2 aromatic heterocycles. The lowest BCUT2D eigenvalue weighted by Crippen LogP contribution is -2.31. The maximum Gasteiger partial charge on any atom is 0.414 e. The maximum absolute atomic E-state index is 12.8. The number of pyridine rings is 2. The van der Waals surface area contributed by atoms with E-state index in [0.29, 0.717) is 44.8 Å². The van der Waals surface area contributed by atoms with Crippen LogP contribution < -0.4 is 20.4 Å². The van der Waals surface area contributed by atoms with Crippen molar-refractivity contribution in [3.8, 4) is 23.7 Å². The molecule has 0 aliphatic carbocycles. The van der Waals surface area contributed by atoms with Crippen molar-refractivity contribution in [3.05, 3.63) is 84.9 Å². The molecule has 4 amide bonds. The zero-order valence-corrected chi connectivity index (χ0v) is 32.0. The Hall–Kier alpha value is -7.00. The molecule has 0 fully saturated rings. The minimum absolute atomic E-state index is 0. The Kier molecular flexibility index (Phi) is 14.1. The summed E-state index contributed by atoms with van der Waals surface area (Å²) in [5.74, 6) is 11.2. The Balaban J connectivity index is 0.00000348. The van der Waals surface area contributed by atoms with E-state index in [0.717, 1.165) is 21.5 Å².